The Morgan fingerprint density at radius 3 is 1.62 bits per heavy atom. The topological polar surface area (TPSA) is 291 Å². The fourth-order valence-electron chi connectivity index (χ4n) is 8.17. The van der Waals surface area contributed by atoms with Crippen LogP contribution in [0.4, 0.5) is 23.0 Å². The summed E-state index contributed by atoms with van der Waals surface area (Å²) in [6, 6.07) is 12.2. The van der Waals surface area contributed by atoms with E-state index >= 15 is 0 Å². The Morgan fingerprint density at radius 2 is 1.19 bits per heavy atom. The maximum absolute atomic E-state index is 13.3. The summed E-state index contributed by atoms with van der Waals surface area (Å²) >= 11 is 12.2. The van der Waals surface area contributed by atoms with Crippen LogP contribution >= 0.6 is 72.8 Å². The van der Waals surface area contributed by atoms with Crippen LogP contribution in [-0.4, -0.2) is 147 Å². The number of aromatic nitrogens is 12. The van der Waals surface area contributed by atoms with Crippen LogP contribution in [0.25, 0.3) is 45.1 Å². The Morgan fingerprint density at radius 1 is 0.703 bits per heavy atom. The molecule has 23 nitrogen and oxygen atoms in total. The quantitative estimate of drug-likeness (QED) is 0.0846. The maximum Gasteiger partial charge on any atom is 0.325 e. The Kier molecular flexibility index (Phi) is 23.0. The molecular weight excluding hydrogens is 1090 g/mol. The number of benzene rings is 2. The summed E-state index contributed by atoms with van der Waals surface area (Å²) < 4.78 is 13.4. The predicted molar refractivity (Wildman–Crippen MR) is 297 cm³/mol. The molecule has 0 unspecified atom stereocenters. The molecule has 8 heterocycles. The van der Waals surface area contributed by atoms with Crippen molar-refractivity contribution in [3.63, 3.8) is 0 Å². The first-order valence-corrected chi connectivity index (χ1v) is 22.4. The normalized spacial score (nSPS) is 14.8. The molecule has 2 aromatic carbocycles. The van der Waals surface area contributed by atoms with Crippen molar-refractivity contribution in [2.75, 3.05) is 74.8 Å². The standard InChI is InChI=1S/C22H24ClN9O2.C12H17ClN2O.C10H9N7O2.CH4.4ClH/c1-13-10-30(14-3-4-15(23)16(9-14)34-2)7-8-31(13)17(33)11-32-22-18(20(24)27-12-28-22)19(29-32)21-25-5-6-26-21;1-9-8-15(6-5-14-9)10-3-4-11(13)12(7-10)16-2;11-8-6-7(9-12-1-2-13-9)16-17(3-5(18)19)10(6)15-4-14-8;;;;;/h3-6,9,12-13H,7-8,10-11H2,1-2H3,(H,25,26)(H2,24,27,28);3-4,7,9,14H,5-6,8H2,1-2H3;1-2,4H,3H2,(H,12,13)(H,18,19)(H2,11,14,15);1H4;4*1H/t13-;9-;;;;;;/m00....../s1. The summed E-state index contributed by atoms with van der Waals surface area (Å²) in [7, 11) is 3.24. The molecule has 2 fully saturated rings. The molecule has 10 rings (SSSR count). The number of rotatable bonds is 10. The third-order valence-electron chi connectivity index (χ3n) is 11.4. The summed E-state index contributed by atoms with van der Waals surface area (Å²) in [5, 5.41) is 23.4. The molecule has 74 heavy (non-hydrogen) atoms. The molecule has 2 atom stereocenters. The molecule has 0 radical (unpaired) electrons. The van der Waals surface area contributed by atoms with Gasteiger partial charge in [-0.15, -0.1) is 49.6 Å². The summed E-state index contributed by atoms with van der Waals surface area (Å²) in [6.45, 7) is 8.96. The molecule has 0 bridgehead atoms. The smallest absolute Gasteiger partial charge is 0.325 e. The molecule has 0 saturated carbocycles. The average Bonchev–Trinajstić information content (AvgIpc) is 4.19. The lowest BCUT2D eigenvalue weighted by Crippen LogP contribution is -2.54. The van der Waals surface area contributed by atoms with Gasteiger partial charge in [0.1, 0.15) is 60.3 Å². The number of methoxy groups -OCH3 is 2. The van der Waals surface area contributed by atoms with Gasteiger partial charge in [-0.2, -0.15) is 10.2 Å². The van der Waals surface area contributed by atoms with Gasteiger partial charge in [0, 0.05) is 99.6 Å². The highest BCUT2D eigenvalue weighted by molar-refractivity contribution is 6.32. The molecule has 29 heteroatoms. The number of imidazole rings is 2. The lowest BCUT2D eigenvalue weighted by Gasteiger charge is -2.41. The first-order chi connectivity index (χ1) is 33.3. The zero-order valence-corrected chi connectivity index (χ0v) is 44.5. The molecular formula is C45H58Cl6N18O5. The van der Waals surface area contributed by atoms with E-state index in [1.54, 1.807) is 43.7 Å². The fraction of sp³-hybridized carbons (Fsp3) is 0.333. The van der Waals surface area contributed by atoms with Gasteiger partial charge in [-0.3, -0.25) is 9.59 Å². The fourth-order valence-corrected chi connectivity index (χ4v) is 8.56. The molecule has 6 aromatic heterocycles. The molecule has 2 aliphatic heterocycles. The molecule has 8 aromatic rings. The number of hydrogen-bond donors (Lipinski definition) is 6. The molecule has 8 N–H and O–H groups in total. The second kappa shape index (κ2) is 27.6. The van der Waals surface area contributed by atoms with Crippen LogP contribution in [0.5, 0.6) is 11.5 Å². The van der Waals surface area contributed by atoms with Crippen LogP contribution < -0.4 is 36.1 Å². The van der Waals surface area contributed by atoms with E-state index in [9.17, 15) is 9.59 Å². The van der Waals surface area contributed by atoms with Crippen LogP contribution in [0.2, 0.25) is 10.0 Å². The van der Waals surface area contributed by atoms with E-state index in [1.807, 2.05) is 48.2 Å². The van der Waals surface area contributed by atoms with Crippen molar-refractivity contribution in [2.45, 2.75) is 46.4 Å². The minimum absolute atomic E-state index is 0. The number of H-pyrrole nitrogens is 2. The van der Waals surface area contributed by atoms with Gasteiger partial charge >= 0.3 is 5.97 Å². The van der Waals surface area contributed by atoms with Crippen molar-refractivity contribution < 1.29 is 24.2 Å². The van der Waals surface area contributed by atoms with Crippen molar-refractivity contribution in [3.8, 4) is 34.5 Å². The number of nitrogen functional groups attached to an aromatic ring is 2. The maximum atomic E-state index is 13.3. The number of carboxylic acids is 1. The third kappa shape index (κ3) is 13.8. The number of nitrogens with zero attached hydrogens (tertiary/aromatic N) is 13. The van der Waals surface area contributed by atoms with E-state index in [0.29, 0.717) is 86.6 Å². The average molecular weight is 1140 g/mol. The largest absolute Gasteiger partial charge is 0.495 e. The van der Waals surface area contributed by atoms with Gasteiger partial charge in [0.05, 0.1) is 35.0 Å². The summed E-state index contributed by atoms with van der Waals surface area (Å²) in [5.74, 6) is 1.84. The van der Waals surface area contributed by atoms with Crippen LogP contribution in [-0.2, 0) is 22.7 Å². The minimum atomic E-state index is -1.02. The van der Waals surface area contributed by atoms with E-state index in [4.69, 9.17) is 49.2 Å². The second-order valence-corrected chi connectivity index (χ2v) is 16.8. The van der Waals surface area contributed by atoms with E-state index in [2.05, 4.69) is 72.1 Å². The van der Waals surface area contributed by atoms with Crippen molar-refractivity contribution in [3.05, 3.63) is 83.9 Å². The molecule has 0 spiro atoms. The van der Waals surface area contributed by atoms with Crippen molar-refractivity contribution in [2.24, 2.45) is 0 Å². The first-order valence-electron chi connectivity index (χ1n) is 21.7. The molecule has 2 aliphatic rings. The second-order valence-electron chi connectivity index (χ2n) is 16.0. The Bertz CT molecular complexity index is 3070. The van der Waals surface area contributed by atoms with Gasteiger partial charge in [0.25, 0.3) is 0 Å². The van der Waals surface area contributed by atoms with Gasteiger partial charge < -0.3 is 56.0 Å². The summed E-state index contributed by atoms with van der Waals surface area (Å²) in [6.07, 6.45) is 9.16. The zero-order chi connectivity index (χ0) is 48.8. The summed E-state index contributed by atoms with van der Waals surface area (Å²) in [5.41, 5.74) is 15.9. The number of nitrogens with two attached hydrogens (primary N) is 2. The number of amides is 1. The minimum Gasteiger partial charge on any atom is -0.495 e. The predicted octanol–water partition coefficient (Wildman–Crippen LogP) is 6.55. The van der Waals surface area contributed by atoms with E-state index in [0.717, 1.165) is 31.1 Å². The van der Waals surface area contributed by atoms with E-state index in [-0.39, 0.29) is 93.7 Å². The van der Waals surface area contributed by atoms with Crippen LogP contribution in [0.15, 0.2) is 73.8 Å². The third-order valence-corrected chi connectivity index (χ3v) is 12.1. The van der Waals surface area contributed by atoms with Crippen molar-refractivity contribution >= 4 is 130 Å². The number of carbonyl (C=O) groups excluding carboxylic acids is 1. The Labute approximate surface area is 460 Å². The van der Waals surface area contributed by atoms with Crippen LogP contribution in [0.3, 0.4) is 0 Å². The highest BCUT2D eigenvalue weighted by Gasteiger charge is 2.30. The number of fused-ring (bicyclic) bond motifs is 2. The number of carbonyl (C=O) groups is 2. The van der Waals surface area contributed by atoms with Gasteiger partial charge in [0.15, 0.2) is 22.9 Å². The van der Waals surface area contributed by atoms with Gasteiger partial charge in [0.2, 0.25) is 5.91 Å². The number of aromatic amines is 2. The van der Waals surface area contributed by atoms with Crippen LogP contribution in [0, 0.1) is 0 Å². The first kappa shape index (κ1) is 61.7. The number of anilines is 4. The number of carboxylic acid groups (broad SMARTS) is 1. The zero-order valence-electron chi connectivity index (χ0n) is 39.7. The van der Waals surface area contributed by atoms with Crippen LogP contribution in [0.1, 0.15) is 21.3 Å². The molecule has 2 saturated heterocycles. The van der Waals surface area contributed by atoms with Gasteiger partial charge in [-0.1, -0.05) is 30.6 Å². The van der Waals surface area contributed by atoms with E-state index in [1.165, 1.54) is 23.0 Å². The number of hydrogen-bond acceptors (Lipinski definition) is 17. The molecule has 400 valence electrons. The molecule has 0 aliphatic carbocycles. The SMILES string of the molecule is C.COc1cc(N2CCN(C(=O)Cn3nc(-c4ncc[nH]4)c4c(N)ncnc43)[C@@H](C)C2)ccc1Cl.COc1cc(N2CCN[C@@H](C)C2)ccc1Cl.Cl.Cl.Cl.Cl.Nc1ncnc2c1c(-c1ncc[nH]1)nn2CC(=O)O. The lowest BCUT2D eigenvalue weighted by atomic mass is 10.1. The highest BCUT2D eigenvalue weighted by atomic mass is 35.5. The summed E-state index contributed by atoms with van der Waals surface area (Å²) in [4.78, 5) is 61.2. The number of aliphatic carboxylic acids is 1. The number of piperazine rings is 2. The molecule has 1 amide bonds. The lowest BCUT2D eigenvalue weighted by molar-refractivity contribution is -0.138. The van der Waals surface area contributed by atoms with Gasteiger partial charge in [-0.05, 0) is 38.1 Å². The highest BCUT2D eigenvalue weighted by Crippen LogP contribution is 2.33. The number of halogens is 6. The van der Waals surface area contributed by atoms with Crippen molar-refractivity contribution in [1.29, 1.82) is 0 Å². The Balaban J connectivity index is 0.000000309. The van der Waals surface area contributed by atoms with Crippen molar-refractivity contribution in [1.82, 2.24) is 69.6 Å². The van der Waals surface area contributed by atoms with E-state index < -0.39 is 5.97 Å². The number of ether oxygens (including phenoxy) is 2. The Hall–Kier alpha value is -6.60. The monoisotopic (exact) mass is 1140 g/mol. The number of nitrogens with one attached hydrogen (secondary N) is 3. The van der Waals surface area contributed by atoms with Gasteiger partial charge in [-0.25, -0.2) is 39.3 Å².